The van der Waals surface area contributed by atoms with Crippen LogP contribution in [0, 0.1) is 0 Å². The number of nitrogens with one attached hydrogen (secondary N) is 1. The third kappa shape index (κ3) is 3.45. The standard InChI is InChI=1S/C16H18N2O3/c1-10(11-4-3-5-13(8-11)21-2)18-16(20)14-9-12(19)6-7-15(14)17/h3-10,19H,17H2,1-2H3,(H,18,20). The van der Waals surface area contributed by atoms with Gasteiger partial charge >= 0.3 is 0 Å². The average Bonchev–Trinajstić information content (AvgIpc) is 2.49. The molecule has 110 valence electrons. The molecule has 0 bridgehead atoms. The van der Waals surface area contributed by atoms with Gasteiger partial charge in [-0.05, 0) is 42.8 Å². The molecular weight excluding hydrogens is 268 g/mol. The number of nitrogens with two attached hydrogens (primary N) is 1. The summed E-state index contributed by atoms with van der Waals surface area (Å²) in [7, 11) is 1.59. The quantitative estimate of drug-likeness (QED) is 0.595. The van der Waals surface area contributed by atoms with Crippen molar-refractivity contribution in [2.24, 2.45) is 0 Å². The van der Waals surface area contributed by atoms with E-state index in [4.69, 9.17) is 10.5 Å². The predicted molar refractivity (Wildman–Crippen MR) is 81.4 cm³/mol. The minimum atomic E-state index is -0.335. The van der Waals surface area contributed by atoms with E-state index >= 15 is 0 Å². The fraction of sp³-hybridized carbons (Fsp3) is 0.188. The lowest BCUT2D eigenvalue weighted by Gasteiger charge is -2.16. The van der Waals surface area contributed by atoms with E-state index in [0.717, 1.165) is 11.3 Å². The molecule has 4 N–H and O–H groups in total. The van der Waals surface area contributed by atoms with E-state index in [9.17, 15) is 9.90 Å². The van der Waals surface area contributed by atoms with Crippen LogP contribution in [0.1, 0.15) is 28.9 Å². The zero-order chi connectivity index (χ0) is 15.4. The van der Waals surface area contributed by atoms with Gasteiger partial charge in [-0.2, -0.15) is 0 Å². The number of aromatic hydroxyl groups is 1. The summed E-state index contributed by atoms with van der Waals surface area (Å²) < 4.78 is 5.16. The lowest BCUT2D eigenvalue weighted by Crippen LogP contribution is -2.27. The maximum atomic E-state index is 12.2. The van der Waals surface area contributed by atoms with Crippen molar-refractivity contribution in [3.05, 3.63) is 53.6 Å². The smallest absolute Gasteiger partial charge is 0.253 e. The second kappa shape index (κ2) is 6.17. The van der Waals surface area contributed by atoms with Gasteiger partial charge < -0.3 is 20.9 Å². The Labute approximate surface area is 123 Å². The monoisotopic (exact) mass is 286 g/mol. The van der Waals surface area contributed by atoms with Gasteiger partial charge in [-0.3, -0.25) is 4.79 Å². The first-order valence-electron chi connectivity index (χ1n) is 6.54. The van der Waals surface area contributed by atoms with E-state index in [2.05, 4.69) is 5.32 Å². The average molecular weight is 286 g/mol. The lowest BCUT2D eigenvalue weighted by molar-refractivity contribution is 0.0940. The Bertz CT molecular complexity index is 656. The van der Waals surface area contributed by atoms with E-state index in [1.165, 1.54) is 18.2 Å². The summed E-state index contributed by atoms with van der Waals surface area (Å²) in [4.78, 5) is 12.2. The molecule has 0 aliphatic carbocycles. The first-order chi connectivity index (χ1) is 10.0. The van der Waals surface area contributed by atoms with Crippen molar-refractivity contribution in [2.75, 3.05) is 12.8 Å². The Morgan fingerprint density at radius 2 is 2.05 bits per heavy atom. The van der Waals surface area contributed by atoms with E-state index in [1.54, 1.807) is 7.11 Å². The largest absolute Gasteiger partial charge is 0.508 e. The highest BCUT2D eigenvalue weighted by Crippen LogP contribution is 2.22. The van der Waals surface area contributed by atoms with Gasteiger partial charge in [0.2, 0.25) is 0 Å². The molecule has 0 saturated carbocycles. The number of phenolic OH excluding ortho intramolecular Hbond substituents is 1. The molecule has 2 rings (SSSR count). The van der Waals surface area contributed by atoms with Crippen molar-refractivity contribution < 1.29 is 14.6 Å². The number of anilines is 1. The van der Waals surface area contributed by atoms with Gasteiger partial charge in [0, 0.05) is 5.69 Å². The minimum absolute atomic E-state index is 0.00313. The number of hydrogen-bond donors (Lipinski definition) is 3. The molecule has 2 aromatic carbocycles. The summed E-state index contributed by atoms with van der Waals surface area (Å²) in [6.07, 6.45) is 0. The summed E-state index contributed by atoms with van der Waals surface area (Å²) in [6.45, 7) is 1.87. The van der Waals surface area contributed by atoms with Gasteiger partial charge in [0.05, 0.1) is 18.7 Å². The van der Waals surface area contributed by atoms with Crippen LogP contribution >= 0.6 is 0 Å². The van der Waals surface area contributed by atoms with Crippen LogP contribution < -0.4 is 15.8 Å². The Hall–Kier alpha value is -2.69. The fourth-order valence-corrected chi connectivity index (χ4v) is 2.01. The molecule has 5 heteroatoms. The van der Waals surface area contributed by atoms with Crippen LogP contribution in [0.2, 0.25) is 0 Å². The molecule has 2 aromatic rings. The SMILES string of the molecule is COc1cccc(C(C)NC(=O)c2cc(O)ccc2N)c1. The molecule has 1 amide bonds. The van der Waals surface area contributed by atoms with Crippen LogP contribution in [-0.4, -0.2) is 18.1 Å². The topological polar surface area (TPSA) is 84.6 Å². The molecule has 0 aliphatic heterocycles. The first-order valence-corrected chi connectivity index (χ1v) is 6.54. The first kappa shape index (κ1) is 14.7. The Kier molecular flexibility index (Phi) is 4.33. The lowest BCUT2D eigenvalue weighted by atomic mass is 10.1. The molecule has 0 saturated heterocycles. The summed E-state index contributed by atoms with van der Waals surface area (Å²) in [5.41, 5.74) is 7.25. The van der Waals surface area contributed by atoms with Gasteiger partial charge in [-0.1, -0.05) is 12.1 Å². The van der Waals surface area contributed by atoms with E-state index in [0.29, 0.717) is 5.69 Å². The summed E-state index contributed by atoms with van der Waals surface area (Å²) in [5.74, 6) is 0.396. The Morgan fingerprint density at radius 3 is 2.76 bits per heavy atom. The molecule has 1 atom stereocenters. The molecule has 21 heavy (non-hydrogen) atoms. The number of ether oxygens (including phenoxy) is 1. The molecule has 0 spiro atoms. The van der Waals surface area contributed by atoms with Crippen LogP contribution in [0.5, 0.6) is 11.5 Å². The van der Waals surface area contributed by atoms with Gasteiger partial charge in [0.15, 0.2) is 0 Å². The van der Waals surface area contributed by atoms with Crippen molar-refractivity contribution in [2.45, 2.75) is 13.0 Å². The number of carbonyl (C=O) groups excluding carboxylic acids is 1. The van der Waals surface area contributed by atoms with Crippen molar-refractivity contribution in [3.8, 4) is 11.5 Å². The molecule has 0 aromatic heterocycles. The summed E-state index contributed by atoms with van der Waals surface area (Å²) in [6, 6.07) is 11.5. The van der Waals surface area contributed by atoms with E-state index < -0.39 is 0 Å². The van der Waals surface area contributed by atoms with Crippen molar-refractivity contribution in [1.82, 2.24) is 5.32 Å². The molecule has 1 unspecified atom stereocenters. The molecule has 0 radical (unpaired) electrons. The van der Waals surface area contributed by atoms with Gasteiger partial charge in [-0.25, -0.2) is 0 Å². The molecule has 0 fully saturated rings. The highest BCUT2D eigenvalue weighted by atomic mass is 16.5. The van der Waals surface area contributed by atoms with Gasteiger partial charge in [0.25, 0.3) is 5.91 Å². The van der Waals surface area contributed by atoms with Crippen LogP contribution in [0.15, 0.2) is 42.5 Å². The van der Waals surface area contributed by atoms with E-state index in [1.807, 2.05) is 31.2 Å². The van der Waals surface area contributed by atoms with Gasteiger partial charge in [0.1, 0.15) is 11.5 Å². The second-order valence-electron chi connectivity index (χ2n) is 4.74. The Morgan fingerprint density at radius 1 is 1.29 bits per heavy atom. The number of carbonyl (C=O) groups is 1. The summed E-state index contributed by atoms with van der Waals surface area (Å²) >= 11 is 0. The van der Waals surface area contributed by atoms with Crippen molar-refractivity contribution in [3.63, 3.8) is 0 Å². The van der Waals surface area contributed by atoms with Crippen LogP contribution in [0.25, 0.3) is 0 Å². The third-order valence-electron chi connectivity index (χ3n) is 3.22. The van der Waals surface area contributed by atoms with Gasteiger partial charge in [-0.15, -0.1) is 0 Å². The molecular formula is C16H18N2O3. The fourth-order valence-electron chi connectivity index (χ4n) is 2.01. The highest BCUT2D eigenvalue weighted by Gasteiger charge is 2.14. The second-order valence-corrected chi connectivity index (χ2v) is 4.74. The normalized spacial score (nSPS) is 11.7. The molecule has 0 aliphatic rings. The third-order valence-corrected chi connectivity index (χ3v) is 3.22. The molecule has 5 nitrogen and oxygen atoms in total. The summed E-state index contributed by atoms with van der Waals surface area (Å²) in [5, 5.41) is 12.3. The number of rotatable bonds is 4. The number of phenols is 1. The number of hydrogen-bond acceptors (Lipinski definition) is 4. The van der Waals surface area contributed by atoms with Crippen molar-refractivity contribution in [1.29, 1.82) is 0 Å². The number of benzene rings is 2. The van der Waals surface area contributed by atoms with Crippen LogP contribution in [-0.2, 0) is 0 Å². The maximum absolute atomic E-state index is 12.2. The molecule has 0 heterocycles. The van der Waals surface area contributed by atoms with E-state index in [-0.39, 0.29) is 23.3 Å². The Balaban J connectivity index is 2.16. The number of nitrogen functional groups attached to an aromatic ring is 1. The van der Waals surface area contributed by atoms with Crippen LogP contribution in [0.4, 0.5) is 5.69 Å². The zero-order valence-electron chi connectivity index (χ0n) is 12.0. The van der Waals surface area contributed by atoms with Crippen LogP contribution in [0.3, 0.4) is 0 Å². The zero-order valence-corrected chi connectivity index (χ0v) is 12.0. The highest BCUT2D eigenvalue weighted by molar-refractivity contribution is 5.99. The van der Waals surface area contributed by atoms with Crippen molar-refractivity contribution >= 4 is 11.6 Å². The number of amides is 1. The maximum Gasteiger partial charge on any atom is 0.253 e. The predicted octanol–water partition coefficient (Wildman–Crippen LogP) is 2.47. The minimum Gasteiger partial charge on any atom is -0.508 e. The number of methoxy groups -OCH3 is 1.